The number of halogens is 5. The van der Waals surface area contributed by atoms with Crippen molar-refractivity contribution in [3.8, 4) is 0 Å². The number of rotatable bonds is 3. The molecule has 0 radical (unpaired) electrons. The number of carbonyl (C=O) groups excluding carboxylic acids is 1. The third kappa shape index (κ3) is 3.85. The van der Waals surface area contributed by atoms with Gasteiger partial charge < -0.3 is 15.8 Å². The number of carbonyl (C=O) groups is 1. The second-order valence-corrected chi connectivity index (χ2v) is 7.46. The average molecular weight is 440 g/mol. The molecular formula is C20H17F5N4O2. The van der Waals surface area contributed by atoms with Crippen LogP contribution in [0.2, 0.25) is 0 Å². The zero-order chi connectivity index (χ0) is 22.4. The molecule has 11 heteroatoms. The molecule has 1 aromatic carbocycles. The van der Waals surface area contributed by atoms with Crippen molar-refractivity contribution in [2.75, 3.05) is 11.9 Å². The summed E-state index contributed by atoms with van der Waals surface area (Å²) in [4.78, 5) is 20.2. The molecule has 0 bridgehead atoms. The van der Waals surface area contributed by atoms with Crippen molar-refractivity contribution in [1.82, 2.24) is 4.98 Å². The number of pyridine rings is 1. The molecule has 1 aromatic heterocycles. The highest BCUT2D eigenvalue weighted by atomic mass is 19.4. The van der Waals surface area contributed by atoms with E-state index in [2.05, 4.69) is 15.3 Å². The Kier molecular flexibility index (Phi) is 5.16. The lowest BCUT2D eigenvalue weighted by Crippen LogP contribution is -2.45. The van der Waals surface area contributed by atoms with E-state index in [4.69, 9.17) is 10.5 Å². The number of aromatic nitrogens is 1. The number of amides is 1. The highest BCUT2D eigenvalue weighted by molar-refractivity contribution is 6.02. The van der Waals surface area contributed by atoms with Gasteiger partial charge in [-0.05, 0) is 36.8 Å². The van der Waals surface area contributed by atoms with Crippen LogP contribution in [0.5, 0.6) is 0 Å². The van der Waals surface area contributed by atoms with Crippen LogP contribution < -0.4 is 11.1 Å². The van der Waals surface area contributed by atoms with E-state index < -0.39 is 47.9 Å². The first-order valence-corrected chi connectivity index (χ1v) is 9.35. The summed E-state index contributed by atoms with van der Waals surface area (Å²) in [6.45, 7) is -0.504. The fourth-order valence-corrected chi connectivity index (χ4v) is 4.11. The maximum absolute atomic E-state index is 14.8. The monoisotopic (exact) mass is 440 g/mol. The molecule has 31 heavy (non-hydrogen) atoms. The van der Waals surface area contributed by atoms with E-state index >= 15 is 0 Å². The minimum absolute atomic E-state index is 0.0229. The summed E-state index contributed by atoms with van der Waals surface area (Å²) in [5, 5.41) is 2.48. The average Bonchev–Trinajstić information content (AvgIpc) is 3.09. The Hall–Kier alpha value is -3.08. The normalized spacial score (nSPS) is 25.6. The zero-order valence-electron chi connectivity index (χ0n) is 15.9. The van der Waals surface area contributed by atoms with Gasteiger partial charge >= 0.3 is 6.18 Å². The van der Waals surface area contributed by atoms with Gasteiger partial charge in [-0.1, -0.05) is 0 Å². The fraction of sp³-hybridized carbons (Fsp3) is 0.350. The number of hydrogen-bond acceptors (Lipinski definition) is 5. The molecule has 3 heterocycles. The summed E-state index contributed by atoms with van der Waals surface area (Å²) < 4.78 is 73.3. The predicted molar refractivity (Wildman–Crippen MR) is 100 cm³/mol. The molecule has 4 rings (SSSR count). The van der Waals surface area contributed by atoms with Crippen LogP contribution in [-0.2, 0) is 10.3 Å². The molecule has 1 saturated heterocycles. The number of alkyl halides is 3. The predicted octanol–water partition coefficient (Wildman–Crippen LogP) is 3.54. The summed E-state index contributed by atoms with van der Waals surface area (Å²) in [5.74, 6) is -3.19. The number of fused-ring (bicyclic) bond motifs is 1. The van der Waals surface area contributed by atoms with Crippen LogP contribution in [0.4, 0.5) is 27.6 Å². The number of nitrogens with zero attached hydrogens (tertiary/aromatic N) is 2. The van der Waals surface area contributed by atoms with Gasteiger partial charge in [-0.2, -0.15) is 13.2 Å². The second kappa shape index (κ2) is 7.56. The summed E-state index contributed by atoms with van der Waals surface area (Å²) in [6.07, 6.45) is -5.73. The Morgan fingerprint density at radius 2 is 2.00 bits per heavy atom. The Bertz CT molecular complexity index is 1040. The topological polar surface area (TPSA) is 89.6 Å². The SMILES string of the molecule is NC1=N[C@]2(c3cc(NC(=O)c4ccc(F)cn4)ccc3F)CO[C@@H](C(F)(F)F)[C@@H]2CC1. The largest absolute Gasteiger partial charge is 0.414 e. The van der Waals surface area contributed by atoms with Crippen LogP contribution in [0.1, 0.15) is 28.9 Å². The lowest BCUT2D eigenvalue weighted by Gasteiger charge is -2.36. The standard InChI is InChI=1S/C20H17F5N4O2/c21-10-1-5-15(27-8-10)18(30)28-11-2-4-14(22)13(7-11)19-9-31-17(20(23,24)25)12(19)3-6-16(26)29-19/h1-2,4-5,7-8,12,17H,3,6,9H2,(H2,26,29)(H,28,30)/t12-,17+,19+/m0/s1. The van der Waals surface area contributed by atoms with E-state index in [1.54, 1.807) is 0 Å². The van der Waals surface area contributed by atoms with Crippen molar-refractivity contribution in [1.29, 1.82) is 0 Å². The summed E-state index contributed by atoms with van der Waals surface area (Å²) in [7, 11) is 0. The van der Waals surface area contributed by atoms with Crippen LogP contribution >= 0.6 is 0 Å². The van der Waals surface area contributed by atoms with Crippen LogP contribution in [0.25, 0.3) is 0 Å². The van der Waals surface area contributed by atoms with Gasteiger partial charge in [0.15, 0.2) is 6.10 Å². The third-order valence-electron chi connectivity index (χ3n) is 5.49. The molecule has 3 atom stereocenters. The van der Waals surface area contributed by atoms with Crippen molar-refractivity contribution in [3.05, 3.63) is 59.4 Å². The number of anilines is 1. The van der Waals surface area contributed by atoms with Crippen molar-refractivity contribution < 1.29 is 31.5 Å². The van der Waals surface area contributed by atoms with E-state index in [1.807, 2.05) is 0 Å². The van der Waals surface area contributed by atoms with Gasteiger partial charge in [0.25, 0.3) is 5.91 Å². The molecule has 2 aliphatic rings. The molecule has 6 nitrogen and oxygen atoms in total. The van der Waals surface area contributed by atoms with Crippen molar-refractivity contribution >= 4 is 17.4 Å². The Balaban J connectivity index is 1.71. The van der Waals surface area contributed by atoms with E-state index in [0.29, 0.717) is 0 Å². The van der Waals surface area contributed by atoms with Crippen LogP contribution in [0, 0.1) is 17.6 Å². The Morgan fingerprint density at radius 1 is 1.23 bits per heavy atom. The smallest absolute Gasteiger partial charge is 0.387 e. The molecule has 2 aliphatic heterocycles. The Morgan fingerprint density at radius 3 is 2.68 bits per heavy atom. The van der Waals surface area contributed by atoms with E-state index in [9.17, 15) is 26.7 Å². The van der Waals surface area contributed by atoms with Crippen molar-refractivity contribution in [2.45, 2.75) is 30.7 Å². The highest BCUT2D eigenvalue weighted by Gasteiger charge is 2.61. The lowest BCUT2D eigenvalue weighted by atomic mass is 9.73. The summed E-state index contributed by atoms with van der Waals surface area (Å²) >= 11 is 0. The third-order valence-corrected chi connectivity index (χ3v) is 5.49. The van der Waals surface area contributed by atoms with E-state index in [0.717, 1.165) is 24.4 Å². The maximum Gasteiger partial charge on any atom is 0.414 e. The second-order valence-electron chi connectivity index (χ2n) is 7.46. The molecule has 3 N–H and O–H groups in total. The molecular weight excluding hydrogens is 423 g/mol. The van der Waals surface area contributed by atoms with Crippen LogP contribution in [0.15, 0.2) is 41.5 Å². The number of benzene rings is 1. The van der Waals surface area contributed by atoms with Crippen molar-refractivity contribution in [2.24, 2.45) is 16.6 Å². The van der Waals surface area contributed by atoms with Gasteiger partial charge in [-0.3, -0.25) is 9.79 Å². The van der Waals surface area contributed by atoms with Gasteiger partial charge in [0.05, 0.1) is 18.6 Å². The maximum atomic E-state index is 14.8. The number of hydrogen-bond donors (Lipinski definition) is 2. The number of nitrogens with two attached hydrogens (primary N) is 1. The fourth-order valence-electron chi connectivity index (χ4n) is 4.11. The number of amidine groups is 1. The molecule has 2 aromatic rings. The molecule has 164 valence electrons. The minimum atomic E-state index is -4.65. The van der Waals surface area contributed by atoms with Crippen LogP contribution in [-0.4, -0.2) is 35.6 Å². The number of nitrogens with one attached hydrogen (secondary N) is 1. The van der Waals surface area contributed by atoms with E-state index in [1.165, 1.54) is 12.1 Å². The van der Waals surface area contributed by atoms with E-state index in [-0.39, 0.29) is 35.6 Å². The van der Waals surface area contributed by atoms with Gasteiger partial charge in [0.2, 0.25) is 0 Å². The van der Waals surface area contributed by atoms with Gasteiger partial charge in [0.1, 0.15) is 22.9 Å². The molecule has 0 saturated carbocycles. The lowest BCUT2D eigenvalue weighted by molar-refractivity contribution is -0.217. The molecule has 0 unspecified atom stereocenters. The first-order chi connectivity index (χ1) is 14.6. The molecule has 0 spiro atoms. The number of ether oxygens (including phenoxy) is 1. The van der Waals surface area contributed by atoms with Gasteiger partial charge in [-0.15, -0.1) is 0 Å². The van der Waals surface area contributed by atoms with Gasteiger partial charge in [-0.25, -0.2) is 13.8 Å². The minimum Gasteiger partial charge on any atom is -0.387 e. The first kappa shape index (κ1) is 21.2. The summed E-state index contributed by atoms with van der Waals surface area (Å²) in [6, 6.07) is 5.70. The summed E-state index contributed by atoms with van der Waals surface area (Å²) in [5.41, 5.74) is 4.00. The Labute approximate surface area is 173 Å². The zero-order valence-corrected chi connectivity index (χ0v) is 15.9. The van der Waals surface area contributed by atoms with Crippen LogP contribution in [0.3, 0.4) is 0 Å². The first-order valence-electron chi connectivity index (χ1n) is 9.35. The molecule has 1 amide bonds. The van der Waals surface area contributed by atoms with Gasteiger partial charge in [0, 0.05) is 23.6 Å². The highest BCUT2D eigenvalue weighted by Crippen LogP contribution is 2.52. The number of aliphatic imine (C=N–C) groups is 1. The molecule has 1 fully saturated rings. The molecule has 0 aliphatic carbocycles. The quantitative estimate of drug-likeness (QED) is 0.715. The van der Waals surface area contributed by atoms with Crippen molar-refractivity contribution in [3.63, 3.8) is 0 Å².